The fourth-order valence-corrected chi connectivity index (χ4v) is 4.14. The molecule has 0 aromatic carbocycles. The third-order valence-corrected chi connectivity index (χ3v) is 5.83. The molecule has 2 N–H and O–H groups in total. The second-order valence-corrected chi connectivity index (χ2v) is 7.62. The number of hydrogen-bond donors (Lipinski definition) is 2. The molecule has 3 saturated heterocycles. The van der Waals surface area contributed by atoms with E-state index in [1.165, 1.54) is 0 Å². The van der Waals surface area contributed by atoms with Crippen LogP contribution in [-0.4, -0.2) is 76.3 Å². The number of amides is 2. The second kappa shape index (κ2) is 6.10. The number of aliphatic hydroxyl groups is 1. The number of ether oxygens (including phenoxy) is 1. The van der Waals surface area contributed by atoms with Gasteiger partial charge in [-0.05, 0) is 31.7 Å². The molecule has 4 heterocycles. The predicted molar refractivity (Wildman–Crippen MR) is 87.4 cm³/mol. The Bertz CT molecular complexity index is 648. The molecule has 8 heteroatoms. The molecule has 1 aromatic rings. The first-order chi connectivity index (χ1) is 12.0. The van der Waals surface area contributed by atoms with Crippen molar-refractivity contribution in [3.8, 4) is 0 Å². The van der Waals surface area contributed by atoms with Crippen molar-refractivity contribution >= 4 is 11.8 Å². The fraction of sp³-hybridized carbons (Fsp3) is 0.706. The summed E-state index contributed by atoms with van der Waals surface area (Å²) in [5.41, 5.74) is -0.278. The van der Waals surface area contributed by atoms with Crippen molar-refractivity contribution in [2.24, 2.45) is 5.41 Å². The van der Waals surface area contributed by atoms with Gasteiger partial charge in [0.1, 0.15) is 5.60 Å². The molecular formula is C17H24N4O4. The van der Waals surface area contributed by atoms with Gasteiger partial charge >= 0.3 is 11.8 Å². The number of piperidine rings is 2. The minimum absolute atomic E-state index is 0.0664. The first kappa shape index (κ1) is 16.5. The van der Waals surface area contributed by atoms with E-state index in [2.05, 4.69) is 10.2 Å². The summed E-state index contributed by atoms with van der Waals surface area (Å²) in [6, 6.07) is 1.75. The van der Waals surface area contributed by atoms with Gasteiger partial charge < -0.3 is 19.6 Å². The number of nitrogens with one attached hydrogen (secondary N) is 1. The molecule has 2 amide bonds. The molecule has 0 unspecified atom stereocenters. The largest absolute Gasteiger partial charge is 0.383 e. The van der Waals surface area contributed by atoms with Gasteiger partial charge in [-0.25, -0.2) is 0 Å². The number of nitrogens with zero attached hydrogens (tertiary/aromatic N) is 3. The van der Waals surface area contributed by atoms with Gasteiger partial charge in [-0.1, -0.05) is 0 Å². The van der Waals surface area contributed by atoms with E-state index >= 15 is 0 Å². The van der Waals surface area contributed by atoms with Crippen LogP contribution in [0.2, 0.25) is 0 Å². The molecule has 3 aliphatic rings. The lowest BCUT2D eigenvalue weighted by atomic mass is 9.78. The third kappa shape index (κ3) is 2.93. The number of carbonyl (C=O) groups is 2. The zero-order valence-corrected chi connectivity index (χ0v) is 14.2. The molecule has 136 valence electrons. The Morgan fingerprint density at radius 2 is 1.84 bits per heavy atom. The van der Waals surface area contributed by atoms with Gasteiger partial charge in [0.05, 0.1) is 18.9 Å². The van der Waals surface area contributed by atoms with Gasteiger partial charge in [-0.2, -0.15) is 5.10 Å². The fourth-order valence-electron chi connectivity index (χ4n) is 4.14. The van der Waals surface area contributed by atoms with E-state index in [-0.39, 0.29) is 5.41 Å². The normalized spacial score (nSPS) is 24.8. The maximum atomic E-state index is 12.6. The van der Waals surface area contributed by atoms with Crippen LogP contribution in [0.5, 0.6) is 0 Å². The Hall–Kier alpha value is -1.93. The van der Waals surface area contributed by atoms with Crippen molar-refractivity contribution in [2.45, 2.75) is 31.3 Å². The highest BCUT2D eigenvalue weighted by atomic mass is 16.5. The quantitative estimate of drug-likeness (QED) is 0.688. The van der Waals surface area contributed by atoms with E-state index in [1.807, 2.05) is 0 Å². The summed E-state index contributed by atoms with van der Waals surface area (Å²) in [6.45, 7) is 3.35. The van der Waals surface area contributed by atoms with Crippen molar-refractivity contribution in [2.75, 3.05) is 39.4 Å². The van der Waals surface area contributed by atoms with Crippen LogP contribution in [0.3, 0.4) is 0 Å². The average Bonchev–Trinajstić information content (AvgIpc) is 3.15. The summed E-state index contributed by atoms with van der Waals surface area (Å²) in [7, 11) is 0. The molecular weight excluding hydrogens is 324 g/mol. The first-order valence-corrected chi connectivity index (χ1v) is 8.90. The maximum absolute atomic E-state index is 12.6. The van der Waals surface area contributed by atoms with Gasteiger partial charge in [0.25, 0.3) is 0 Å². The Kier molecular flexibility index (Phi) is 4.04. The molecule has 1 aromatic heterocycles. The van der Waals surface area contributed by atoms with Crippen LogP contribution in [0.4, 0.5) is 0 Å². The zero-order chi connectivity index (χ0) is 17.5. The smallest absolute Gasteiger partial charge is 0.312 e. The molecule has 8 nitrogen and oxygen atoms in total. The predicted octanol–water partition coefficient (Wildman–Crippen LogP) is -0.141. The SMILES string of the molecule is O=C(C(=O)N1CCCC2(COC2)C1)N1CCC(O)(c2ccn[nH]2)CC1. The van der Waals surface area contributed by atoms with Crippen LogP contribution in [0.1, 0.15) is 31.4 Å². The number of hydrogen-bond acceptors (Lipinski definition) is 5. The summed E-state index contributed by atoms with van der Waals surface area (Å²) in [5.74, 6) is -0.873. The van der Waals surface area contributed by atoms with Gasteiger partial charge in [-0.3, -0.25) is 14.7 Å². The Balaban J connectivity index is 1.36. The number of H-pyrrole nitrogens is 1. The van der Waals surface area contributed by atoms with Crippen molar-refractivity contribution in [1.82, 2.24) is 20.0 Å². The molecule has 3 fully saturated rings. The highest BCUT2D eigenvalue weighted by molar-refractivity contribution is 6.34. The van der Waals surface area contributed by atoms with Crippen LogP contribution in [-0.2, 0) is 19.9 Å². The molecule has 0 saturated carbocycles. The van der Waals surface area contributed by atoms with Crippen molar-refractivity contribution in [1.29, 1.82) is 0 Å². The highest BCUT2D eigenvalue weighted by Gasteiger charge is 2.45. The molecule has 3 aliphatic heterocycles. The lowest BCUT2D eigenvalue weighted by Crippen LogP contribution is -2.58. The molecule has 1 spiro atoms. The lowest BCUT2D eigenvalue weighted by Gasteiger charge is -2.48. The van der Waals surface area contributed by atoms with E-state index < -0.39 is 17.4 Å². The maximum Gasteiger partial charge on any atom is 0.312 e. The van der Waals surface area contributed by atoms with Crippen LogP contribution in [0, 0.1) is 5.41 Å². The first-order valence-electron chi connectivity index (χ1n) is 8.90. The zero-order valence-electron chi connectivity index (χ0n) is 14.2. The minimum Gasteiger partial charge on any atom is -0.383 e. The number of aromatic amines is 1. The van der Waals surface area contributed by atoms with Crippen molar-refractivity contribution in [3.05, 3.63) is 18.0 Å². The number of aromatic nitrogens is 2. The third-order valence-electron chi connectivity index (χ3n) is 5.83. The number of rotatable bonds is 1. The van der Waals surface area contributed by atoms with E-state index in [0.717, 1.165) is 12.8 Å². The number of likely N-dealkylation sites (tertiary alicyclic amines) is 2. The average molecular weight is 348 g/mol. The van der Waals surface area contributed by atoms with E-state index in [1.54, 1.807) is 22.1 Å². The Morgan fingerprint density at radius 1 is 1.12 bits per heavy atom. The van der Waals surface area contributed by atoms with Crippen LogP contribution < -0.4 is 0 Å². The van der Waals surface area contributed by atoms with Gasteiger partial charge in [0, 0.05) is 37.8 Å². The highest BCUT2D eigenvalue weighted by Crippen LogP contribution is 2.37. The summed E-state index contributed by atoms with van der Waals surface area (Å²) in [6.07, 6.45) is 4.37. The monoisotopic (exact) mass is 348 g/mol. The van der Waals surface area contributed by atoms with Gasteiger partial charge in [0.2, 0.25) is 0 Å². The van der Waals surface area contributed by atoms with Crippen LogP contribution >= 0.6 is 0 Å². The summed E-state index contributed by atoms with van der Waals surface area (Å²) < 4.78 is 5.31. The van der Waals surface area contributed by atoms with E-state index in [9.17, 15) is 14.7 Å². The Morgan fingerprint density at radius 3 is 2.44 bits per heavy atom. The van der Waals surface area contributed by atoms with Gasteiger partial charge in [-0.15, -0.1) is 0 Å². The van der Waals surface area contributed by atoms with Crippen molar-refractivity contribution in [3.63, 3.8) is 0 Å². The standard InChI is InChI=1S/C17H24N4O4/c22-14(15(23)21-7-1-3-16(10-21)11-25-12-16)20-8-4-17(24,5-9-20)13-2-6-18-19-13/h2,6,24H,1,3-5,7-12H2,(H,18,19). The topological polar surface area (TPSA) is 98.8 Å². The minimum atomic E-state index is -1.01. The van der Waals surface area contributed by atoms with Crippen molar-refractivity contribution < 1.29 is 19.4 Å². The second-order valence-electron chi connectivity index (χ2n) is 7.62. The van der Waals surface area contributed by atoms with Crippen LogP contribution in [0.25, 0.3) is 0 Å². The van der Waals surface area contributed by atoms with E-state index in [4.69, 9.17) is 4.74 Å². The molecule has 0 bridgehead atoms. The summed E-state index contributed by atoms with van der Waals surface area (Å²) in [4.78, 5) is 28.5. The van der Waals surface area contributed by atoms with Crippen LogP contribution in [0.15, 0.2) is 12.3 Å². The lowest BCUT2D eigenvalue weighted by molar-refractivity contribution is -0.168. The number of carbonyl (C=O) groups excluding carboxylic acids is 2. The van der Waals surface area contributed by atoms with Gasteiger partial charge in [0.15, 0.2) is 0 Å². The Labute approximate surface area is 146 Å². The van der Waals surface area contributed by atoms with E-state index in [0.29, 0.717) is 57.9 Å². The molecule has 0 atom stereocenters. The summed E-state index contributed by atoms with van der Waals surface area (Å²) in [5, 5.41) is 17.4. The molecule has 0 aliphatic carbocycles. The molecule has 25 heavy (non-hydrogen) atoms. The molecule has 0 radical (unpaired) electrons. The molecule has 4 rings (SSSR count). The summed E-state index contributed by atoms with van der Waals surface area (Å²) >= 11 is 0.